The Morgan fingerprint density at radius 3 is 2.10 bits per heavy atom. The fourth-order valence-electron chi connectivity index (χ4n) is 2.99. The average Bonchev–Trinajstić information content (AvgIpc) is 2.73. The third-order valence-corrected chi connectivity index (χ3v) is 4.46. The molecular formula is C23H29NO5. The van der Waals surface area contributed by atoms with E-state index in [0.717, 1.165) is 17.0 Å². The second kappa shape index (κ2) is 9.87. The van der Waals surface area contributed by atoms with E-state index in [-0.39, 0.29) is 5.78 Å². The summed E-state index contributed by atoms with van der Waals surface area (Å²) in [4.78, 5) is 15.1. The SMILES string of the molecule is CCOc1ccc(C=C(C)C(=O)c2cc(OC)c(OC)cc2OC)cc1N(C)C. The molecule has 2 aromatic carbocycles. The first-order valence-corrected chi connectivity index (χ1v) is 9.33. The van der Waals surface area contributed by atoms with E-state index < -0.39 is 0 Å². The van der Waals surface area contributed by atoms with Gasteiger partial charge in [-0.05, 0) is 49.3 Å². The lowest BCUT2D eigenvalue weighted by Crippen LogP contribution is -2.11. The van der Waals surface area contributed by atoms with Gasteiger partial charge in [0.15, 0.2) is 17.3 Å². The maximum atomic E-state index is 13.1. The molecule has 0 heterocycles. The van der Waals surface area contributed by atoms with Crippen LogP contribution in [0.25, 0.3) is 6.08 Å². The number of ketones is 1. The summed E-state index contributed by atoms with van der Waals surface area (Å²) >= 11 is 0. The second-order valence-corrected chi connectivity index (χ2v) is 6.62. The van der Waals surface area contributed by atoms with Gasteiger partial charge < -0.3 is 23.8 Å². The summed E-state index contributed by atoms with van der Waals surface area (Å²) in [6, 6.07) is 9.13. The Hall–Kier alpha value is -3.15. The number of carbonyl (C=O) groups is 1. The smallest absolute Gasteiger partial charge is 0.192 e. The average molecular weight is 399 g/mol. The molecule has 0 saturated heterocycles. The number of hydrogen-bond donors (Lipinski definition) is 0. The van der Waals surface area contributed by atoms with Crippen molar-refractivity contribution in [3.8, 4) is 23.0 Å². The number of Topliss-reactive ketones (excluding diaryl/α,β-unsaturated/α-hetero) is 1. The summed E-state index contributed by atoms with van der Waals surface area (Å²) in [5, 5.41) is 0. The molecule has 0 bridgehead atoms. The predicted molar refractivity (Wildman–Crippen MR) is 116 cm³/mol. The Morgan fingerprint density at radius 1 is 0.931 bits per heavy atom. The van der Waals surface area contributed by atoms with Crippen molar-refractivity contribution in [3.63, 3.8) is 0 Å². The zero-order valence-corrected chi connectivity index (χ0v) is 18.2. The van der Waals surface area contributed by atoms with E-state index in [1.165, 1.54) is 21.3 Å². The minimum absolute atomic E-state index is 0.150. The van der Waals surface area contributed by atoms with Crippen molar-refractivity contribution in [2.75, 3.05) is 46.9 Å². The molecule has 0 aliphatic rings. The quantitative estimate of drug-likeness (QED) is 0.458. The van der Waals surface area contributed by atoms with Gasteiger partial charge in [-0.2, -0.15) is 0 Å². The molecule has 0 saturated carbocycles. The van der Waals surface area contributed by atoms with Gasteiger partial charge >= 0.3 is 0 Å². The molecule has 0 atom stereocenters. The highest BCUT2D eigenvalue weighted by Crippen LogP contribution is 2.36. The number of carbonyl (C=O) groups excluding carboxylic acids is 1. The summed E-state index contributed by atoms with van der Waals surface area (Å²) in [7, 11) is 8.50. The Kier molecular flexibility index (Phi) is 7.53. The Bertz CT molecular complexity index is 902. The molecule has 6 nitrogen and oxygen atoms in total. The van der Waals surface area contributed by atoms with Crippen LogP contribution in [0.5, 0.6) is 23.0 Å². The number of allylic oxidation sites excluding steroid dienone is 1. The van der Waals surface area contributed by atoms with E-state index in [1.54, 1.807) is 19.1 Å². The van der Waals surface area contributed by atoms with E-state index in [4.69, 9.17) is 18.9 Å². The summed E-state index contributed by atoms with van der Waals surface area (Å²) in [5.41, 5.74) is 2.84. The molecular weight excluding hydrogens is 370 g/mol. The van der Waals surface area contributed by atoms with Crippen LogP contribution < -0.4 is 23.8 Å². The summed E-state index contributed by atoms with van der Waals surface area (Å²) < 4.78 is 21.7. The van der Waals surface area contributed by atoms with Crippen molar-refractivity contribution in [1.29, 1.82) is 0 Å². The molecule has 6 heteroatoms. The highest BCUT2D eigenvalue weighted by atomic mass is 16.5. The molecule has 29 heavy (non-hydrogen) atoms. The topological polar surface area (TPSA) is 57.2 Å². The van der Waals surface area contributed by atoms with Crippen LogP contribution in [-0.2, 0) is 0 Å². The van der Waals surface area contributed by atoms with Crippen LogP contribution in [0.1, 0.15) is 29.8 Å². The second-order valence-electron chi connectivity index (χ2n) is 6.62. The molecule has 0 N–H and O–H groups in total. The molecule has 0 fully saturated rings. The van der Waals surface area contributed by atoms with Crippen molar-refractivity contribution in [3.05, 3.63) is 47.0 Å². The molecule has 0 aromatic heterocycles. The normalized spacial score (nSPS) is 11.1. The van der Waals surface area contributed by atoms with E-state index >= 15 is 0 Å². The van der Waals surface area contributed by atoms with Gasteiger partial charge in [-0.1, -0.05) is 6.07 Å². The van der Waals surface area contributed by atoms with Gasteiger partial charge in [0.25, 0.3) is 0 Å². The van der Waals surface area contributed by atoms with Crippen molar-refractivity contribution in [2.24, 2.45) is 0 Å². The van der Waals surface area contributed by atoms with Crippen molar-refractivity contribution >= 4 is 17.5 Å². The zero-order valence-electron chi connectivity index (χ0n) is 18.2. The lowest BCUT2D eigenvalue weighted by molar-refractivity contribution is 0.103. The molecule has 0 unspecified atom stereocenters. The lowest BCUT2D eigenvalue weighted by atomic mass is 10.0. The van der Waals surface area contributed by atoms with Gasteiger partial charge in [-0.25, -0.2) is 0 Å². The van der Waals surface area contributed by atoms with Crippen LogP contribution in [0.15, 0.2) is 35.9 Å². The van der Waals surface area contributed by atoms with Crippen LogP contribution in [0, 0.1) is 0 Å². The molecule has 0 aliphatic heterocycles. The number of anilines is 1. The Labute approximate surface area is 172 Å². The molecule has 2 aromatic rings. The standard InChI is InChI=1S/C23H29NO5/c1-8-29-19-10-9-16(12-18(19)24(3)4)11-15(2)23(25)17-13-21(27-6)22(28-7)14-20(17)26-5/h9-14H,8H2,1-7H3. The van der Waals surface area contributed by atoms with Gasteiger partial charge in [-0.15, -0.1) is 0 Å². The predicted octanol–water partition coefficient (Wildman–Crippen LogP) is 4.46. The highest BCUT2D eigenvalue weighted by Gasteiger charge is 2.19. The minimum atomic E-state index is -0.150. The van der Waals surface area contributed by atoms with Crippen molar-refractivity contribution in [1.82, 2.24) is 0 Å². The van der Waals surface area contributed by atoms with Crippen LogP contribution in [0.3, 0.4) is 0 Å². The highest BCUT2D eigenvalue weighted by molar-refractivity contribution is 6.13. The van der Waals surface area contributed by atoms with E-state index in [9.17, 15) is 4.79 Å². The van der Waals surface area contributed by atoms with Crippen molar-refractivity contribution in [2.45, 2.75) is 13.8 Å². The Balaban J connectivity index is 2.44. The fourth-order valence-corrected chi connectivity index (χ4v) is 2.99. The molecule has 0 amide bonds. The third-order valence-electron chi connectivity index (χ3n) is 4.46. The number of rotatable bonds is 9. The first-order chi connectivity index (χ1) is 13.9. The molecule has 2 rings (SSSR count). The van der Waals surface area contributed by atoms with Gasteiger partial charge in [0, 0.05) is 20.2 Å². The van der Waals surface area contributed by atoms with Gasteiger partial charge in [0.1, 0.15) is 11.5 Å². The maximum absolute atomic E-state index is 13.1. The molecule has 0 radical (unpaired) electrons. The number of hydrogen-bond acceptors (Lipinski definition) is 6. The first-order valence-electron chi connectivity index (χ1n) is 9.33. The van der Waals surface area contributed by atoms with Crippen LogP contribution in [-0.4, -0.2) is 47.8 Å². The summed E-state index contributed by atoms with van der Waals surface area (Å²) in [6.45, 7) is 4.32. The third kappa shape index (κ3) is 5.02. The zero-order chi connectivity index (χ0) is 21.6. The number of nitrogens with zero attached hydrogens (tertiary/aromatic N) is 1. The van der Waals surface area contributed by atoms with Gasteiger partial charge in [0.2, 0.25) is 0 Å². The summed E-state index contributed by atoms with van der Waals surface area (Å²) in [6.07, 6.45) is 1.85. The number of benzene rings is 2. The maximum Gasteiger partial charge on any atom is 0.192 e. The minimum Gasteiger partial charge on any atom is -0.496 e. The Morgan fingerprint density at radius 2 is 1.55 bits per heavy atom. The fraction of sp³-hybridized carbons (Fsp3) is 0.348. The van der Waals surface area contributed by atoms with E-state index in [0.29, 0.717) is 35.0 Å². The summed E-state index contributed by atoms with van der Waals surface area (Å²) in [5.74, 6) is 2.06. The first kappa shape index (κ1) is 22.1. The molecule has 156 valence electrons. The number of ether oxygens (including phenoxy) is 4. The van der Waals surface area contributed by atoms with Crippen molar-refractivity contribution < 1.29 is 23.7 Å². The molecule has 0 spiro atoms. The monoisotopic (exact) mass is 399 g/mol. The largest absolute Gasteiger partial charge is 0.496 e. The number of methoxy groups -OCH3 is 3. The van der Waals surface area contributed by atoms with Gasteiger partial charge in [-0.3, -0.25) is 4.79 Å². The van der Waals surface area contributed by atoms with E-state index in [2.05, 4.69) is 0 Å². The van der Waals surface area contributed by atoms with E-state index in [1.807, 2.05) is 50.2 Å². The lowest BCUT2D eigenvalue weighted by Gasteiger charge is -2.18. The van der Waals surface area contributed by atoms with Crippen LogP contribution in [0.2, 0.25) is 0 Å². The van der Waals surface area contributed by atoms with Gasteiger partial charge in [0.05, 0.1) is 39.2 Å². The van der Waals surface area contributed by atoms with Crippen LogP contribution in [0.4, 0.5) is 5.69 Å². The van der Waals surface area contributed by atoms with Crippen LogP contribution >= 0.6 is 0 Å². The molecule has 0 aliphatic carbocycles.